The first-order valence-electron chi connectivity index (χ1n) is 10.7. The molecule has 2 atom stereocenters. The third-order valence-corrected chi connectivity index (χ3v) is 5.58. The van der Waals surface area contributed by atoms with Crippen LogP contribution in [0.4, 0.5) is 8.78 Å². The van der Waals surface area contributed by atoms with Crippen LogP contribution in [0.15, 0.2) is 42.4 Å². The highest BCUT2D eigenvalue weighted by atomic mass is 35.5. The Hall–Kier alpha value is -3.33. The Morgan fingerprint density at radius 3 is 2.78 bits per heavy atom. The molecule has 1 fully saturated rings. The highest BCUT2D eigenvalue weighted by molar-refractivity contribution is 6.30. The van der Waals surface area contributed by atoms with E-state index in [1.807, 2.05) is 5.32 Å². The lowest BCUT2D eigenvalue weighted by Crippen LogP contribution is -2.52. The first kappa shape index (κ1) is 19.4. The van der Waals surface area contributed by atoms with Crippen molar-refractivity contribution in [1.82, 2.24) is 15.5 Å². The molecule has 2 N–H and O–H groups in total. The Kier molecular flexibility index (Phi) is 5.03. The van der Waals surface area contributed by atoms with Gasteiger partial charge in [-0.05, 0) is 35.7 Å². The zero-order chi connectivity index (χ0) is 24.8. The molecule has 0 bridgehead atoms. The second kappa shape index (κ2) is 8.31. The maximum atomic E-state index is 14.6. The van der Waals surface area contributed by atoms with Crippen molar-refractivity contribution in [1.29, 1.82) is 0 Å². The molecular weight excluding hydrogens is 444 g/mol. The second-order valence-corrected chi connectivity index (χ2v) is 7.84. The third kappa shape index (κ3) is 4.08. The average Bonchev–Trinajstić information content (AvgIpc) is 3.11. The van der Waals surface area contributed by atoms with Crippen LogP contribution in [-0.2, 0) is 33.4 Å². The van der Waals surface area contributed by atoms with Crippen LogP contribution in [-0.4, -0.2) is 34.6 Å². The zero-order valence-electron chi connectivity index (χ0n) is 18.5. The number of rotatable bonds is 5. The quantitative estimate of drug-likeness (QED) is 0.666. The lowest BCUT2D eigenvalue weighted by Gasteiger charge is -2.29. The third-order valence-electron chi connectivity index (χ3n) is 5.34. The van der Waals surface area contributed by atoms with Gasteiger partial charge < -0.3 is 10.2 Å². The largest absolute Gasteiger partial charge is 0.349 e. The molecule has 2 aliphatic rings. The summed E-state index contributed by atoms with van der Waals surface area (Å²) in [4.78, 5) is 49.8. The van der Waals surface area contributed by atoms with E-state index in [9.17, 15) is 28.0 Å². The zero-order valence-corrected chi connectivity index (χ0v) is 17.2. The van der Waals surface area contributed by atoms with Crippen LogP contribution < -0.4 is 10.6 Å². The SMILES string of the molecule is [2H]c1cc(C(F)(F)C(=O)NC([2H])c2ccc3c(c2)CN(C2CCC(=O)NC2=O)C3=O)ccc1Cl. The molecule has 2 aromatic rings. The van der Waals surface area contributed by atoms with Gasteiger partial charge in [-0.3, -0.25) is 24.5 Å². The summed E-state index contributed by atoms with van der Waals surface area (Å²) < 4.78 is 44.9. The molecule has 0 radical (unpaired) electrons. The average molecular weight is 464 g/mol. The highest BCUT2D eigenvalue weighted by Gasteiger charge is 2.41. The molecule has 1 saturated heterocycles. The summed E-state index contributed by atoms with van der Waals surface area (Å²) in [6.45, 7) is -1.52. The van der Waals surface area contributed by atoms with Crippen molar-refractivity contribution < 1.29 is 30.7 Å². The molecule has 4 rings (SSSR count). The number of alkyl halides is 2. The number of fused-ring (bicyclic) bond motifs is 1. The van der Waals surface area contributed by atoms with Crippen molar-refractivity contribution in [2.45, 2.75) is 37.9 Å². The lowest BCUT2D eigenvalue weighted by molar-refractivity contribution is -0.147. The topological polar surface area (TPSA) is 95.6 Å². The van der Waals surface area contributed by atoms with E-state index >= 15 is 0 Å². The number of nitrogens with zero attached hydrogens (tertiary/aromatic N) is 1. The Labute approximate surface area is 189 Å². The number of hydrogen-bond donors (Lipinski definition) is 2. The first-order chi connectivity index (χ1) is 16.0. The van der Waals surface area contributed by atoms with Gasteiger partial charge in [0.2, 0.25) is 11.8 Å². The van der Waals surface area contributed by atoms with E-state index in [0.717, 1.165) is 18.2 Å². The first-order valence-corrected chi connectivity index (χ1v) is 10.0. The number of carbonyl (C=O) groups is 4. The van der Waals surface area contributed by atoms with Crippen molar-refractivity contribution in [3.63, 3.8) is 0 Å². The minimum atomic E-state index is -4.00. The van der Waals surface area contributed by atoms with E-state index in [-0.39, 0.29) is 36.0 Å². The van der Waals surface area contributed by atoms with E-state index in [1.165, 1.54) is 23.1 Å². The summed E-state index contributed by atoms with van der Waals surface area (Å²) >= 11 is 5.68. The van der Waals surface area contributed by atoms with Crippen molar-refractivity contribution >= 4 is 35.2 Å². The van der Waals surface area contributed by atoms with Crippen molar-refractivity contribution in [3.8, 4) is 0 Å². The maximum absolute atomic E-state index is 14.6. The Bertz CT molecular complexity index is 1230. The number of amides is 4. The van der Waals surface area contributed by atoms with E-state index in [1.54, 1.807) is 0 Å². The molecule has 2 aromatic carbocycles. The molecule has 0 aromatic heterocycles. The molecule has 2 aliphatic heterocycles. The highest BCUT2D eigenvalue weighted by Crippen LogP contribution is 2.30. The molecule has 0 saturated carbocycles. The second-order valence-electron chi connectivity index (χ2n) is 7.43. The molecule has 2 unspecified atom stereocenters. The normalized spacial score (nSPS) is 20.3. The molecule has 4 amide bonds. The van der Waals surface area contributed by atoms with Crippen LogP contribution >= 0.6 is 11.6 Å². The summed E-state index contributed by atoms with van der Waals surface area (Å²) in [5.41, 5.74) is 0.201. The Morgan fingerprint density at radius 2 is 2.06 bits per heavy atom. The van der Waals surface area contributed by atoms with E-state index in [2.05, 4.69) is 5.32 Å². The monoisotopic (exact) mass is 463 g/mol. The molecule has 0 spiro atoms. The van der Waals surface area contributed by atoms with Crippen LogP contribution in [0.3, 0.4) is 0 Å². The van der Waals surface area contributed by atoms with Gasteiger partial charge in [-0.25, -0.2) is 0 Å². The predicted molar refractivity (Wildman–Crippen MR) is 110 cm³/mol. The van der Waals surface area contributed by atoms with Gasteiger partial charge in [0, 0.05) is 35.6 Å². The minimum absolute atomic E-state index is 0.0438. The van der Waals surface area contributed by atoms with Gasteiger partial charge in [-0.15, -0.1) is 0 Å². The van der Waals surface area contributed by atoms with Gasteiger partial charge in [0.15, 0.2) is 0 Å². The Balaban J connectivity index is 1.49. The van der Waals surface area contributed by atoms with Gasteiger partial charge in [-0.2, -0.15) is 8.78 Å². The molecular formula is C22H18ClF2N3O4. The van der Waals surface area contributed by atoms with Crippen molar-refractivity contribution in [2.75, 3.05) is 0 Å². The summed E-state index contributed by atoms with van der Waals surface area (Å²) in [7, 11) is 0. The molecule has 2 heterocycles. The fourth-order valence-corrected chi connectivity index (χ4v) is 3.77. The van der Waals surface area contributed by atoms with Gasteiger partial charge in [0.25, 0.3) is 11.8 Å². The summed E-state index contributed by atoms with van der Waals surface area (Å²) in [6.07, 6.45) is 0.292. The predicted octanol–water partition coefficient (Wildman–Crippen LogP) is 2.51. The van der Waals surface area contributed by atoms with Crippen LogP contribution in [0, 0.1) is 0 Å². The Morgan fingerprint density at radius 1 is 1.28 bits per heavy atom. The van der Waals surface area contributed by atoms with Gasteiger partial charge in [0.1, 0.15) is 6.04 Å². The van der Waals surface area contributed by atoms with E-state index in [4.69, 9.17) is 14.3 Å². The van der Waals surface area contributed by atoms with E-state index in [0.29, 0.717) is 11.1 Å². The lowest BCUT2D eigenvalue weighted by atomic mass is 10.0. The fraction of sp³-hybridized carbons (Fsp3) is 0.273. The maximum Gasteiger partial charge on any atom is 0.349 e. The number of carbonyl (C=O) groups excluding carboxylic acids is 4. The van der Waals surface area contributed by atoms with Crippen LogP contribution in [0.1, 0.15) is 42.6 Å². The number of nitrogens with one attached hydrogen (secondary N) is 2. The smallest absolute Gasteiger partial charge is 0.346 e. The summed E-state index contributed by atoms with van der Waals surface area (Å²) in [5, 5.41) is 4.10. The minimum Gasteiger partial charge on any atom is -0.346 e. The summed E-state index contributed by atoms with van der Waals surface area (Å²) in [5.74, 6) is -7.12. The van der Waals surface area contributed by atoms with Gasteiger partial charge >= 0.3 is 5.92 Å². The number of halogens is 3. The molecule has 7 nitrogen and oxygen atoms in total. The van der Waals surface area contributed by atoms with Gasteiger partial charge in [0.05, 0.1) is 2.74 Å². The van der Waals surface area contributed by atoms with Crippen LogP contribution in [0.2, 0.25) is 5.02 Å². The molecule has 32 heavy (non-hydrogen) atoms. The summed E-state index contributed by atoms with van der Waals surface area (Å²) in [6, 6.07) is 5.85. The van der Waals surface area contributed by atoms with Crippen LogP contribution in [0.5, 0.6) is 0 Å². The van der Waals surface area contributed by atoms with Crippen LogP contribution in [0.25, 0.3) is 0 Å². The molecule has 10 heteroatoms. The standard InChI is InChI=1S/C22H18ClF2N3O4/c23-15-4-2-14(3-5-15)22(24,25)21(32)26-10-12-1-6-16-13(9-12)11-28(20(16)31)17-7-8-18(29)27-19(17)30/h1-6,9,17H,7-8,10-11H2,(H,26,32)(H,27,29,30)/i4D,10D. The number of imide groups is 1. The number of piperidine rings is 1. The van der Waals surface area contributed by atoms with Gasteiger partial charge in [-0.1, -0.05) is 35.9 Å². The van der Waals surface area contributed by atoms with Crippen molar-refractivity contribution in [2.24, 2.45) is 0 Å². The number of benzene rings is 2. The number of hydrogen-bond acceptors (Lipinski definition) is 4. The van der Waals surface area contributed by atoms with E-state index < -0.39 is 47.7 Å². The van der Waals surface area contributed by atoms with Crippen molar-refractivity contribution in [3.05, 3.63) is 69.7 Å². The molecule has 166 valence electrons. The fourth-order valence-electron chi connectivity index (χ4n) is 3.66. The molecule has 0 aliphatic carbocycles.